The van der Waals surface area contributed by atoms with Crippen molar-refractivity contribution in [2.24, 2.45) is 0 Å². The van der Waals surface area contributed by atoms with E-state index in [9.17, 15) is 0 Å². The Hall–Kier alpha value is 0.310. The molecule has 0 aromatic heterocycles. The summed E-state index contributed by atoms with van der Waals surface area (Å²) >= 11 is 2.19. The highest BCUT2D eigenvalue weighted by Crippen LogP contribution is 2.15. The van der Waals surface area contributed by atoms with Gasteiger partial charge < -0.3 is 5.11 Å². The van der Waals surface area contributed by atoms with Gasteiger partial charge in [-0.25, -0.2) is 0 Å². The predicted molar refractivity (Wildman–Crippen MR) is 122 cm³/mol. The first-order chi connectivity index (χ1) is 12.9. The van der Waals surface area contributed by atoms with Gasteiger partial charge >= 0.3 is 0 Å². The quantitative estimate of drug-likeness (QED) is 0.177. The van der Waals surface area contributed by atoms with Crippen LogP contribution >= 0.6 is 11.8 Å². The fraction of sp³-hybridized carbons (Fsp3) is 1.00. The van der Waals surface area contributed by atoms with Crippen molar-refractivity contribution >= 4 is 11.8 Å². The molecule has 0 atom stereocenters. The molecule has 0 amide bonds. The van der Waals surface area contributed by atoms with Crippen molar-refractivity contribution in [3.05, 3.63) is 0 Å². The fourth-order valence-electron chi connectivity index (χ4n) is 3.52. The SMILES string of the molecule is CCCCCCCCCCCCSCCCCCCCCCCCCO. The van der Waals surface area contributed by atoms with Crippen molar-refractivity contribution in [1.82, 2.24) is 0 Å². The Kier molecular flexibility index (Phi) is 25.6. The zero-order valence-corrected chi connectivity index (χ0v) is 18.9. The molecule has 0 aromatic rings. The lowest BCUT2D eigenvalue weighted by Crippen LogP contribution is -1.87. The van der Waals surface area contributed by atoms with Gasteiger partial charge in [0.25, 0.3) is 0 Å². The van der Waals surface area contributed by atoms with Crippen LogP contribution in [0.5, 0.6) is 0 Å². The Balaban J connectivity index is 2.95. The Morgan fingerprint density at radius 3 is 1.08 bits per heavy atom. The van der Waals surface area contributed by atoms with Gasteiger partial charge in [-0.3, -0.25) is 0 Å². The van der Waals surface area contributed by atoms with E-state index < -0.39 is 0 Å². The van der Waals surface area contributed by atoms with E-state index in [0.29, 0.717) is 6.61 Å². The third kappa shape index (κ3) is 24.3. The summed E-state index contributed by atoms with van der Waals surface area (Å²) in [7, 11) is 0. The largest absolute Gasteiger partial charge is 0.396 e. The molecule has 1 nitrogen and oxygen atoms in total. The van der Waals surface area contributed by atoms with Gasteiger partial charge in [0, 0.05) is 6.61 Å². The standard InChI is InChI=1S/C24H50OS/c1-2-3-4-5-6-7-11-14-17-20-23-26-24-21-18-15-12-9-8-10-13-16-19-22-25/h25H,2-24H2,1H3. The van der Waals surface area contributed by atoms with E-state index >= 15 is 0 Å². The summed E-state index contributed by atoms with van der Waals surface area (Å²) in [5.41, 5.74) is 0. The molecule has 0 rings (SSSR count). The molecule has 0 unspecified atom stereocenters. The van der Waals surface area contributed by atoms with E-state index in [1.54, 1.807) is 0 Å². The normalized spacial score (nSPS) is 11.3. The molecular formula is C24H50OS. The van der Waals surface area contributed by atoms with Crippen molar-refractivity contribution in [3.8, 4) is 0 Å². The van der Waals surface area contributed by atoms with Gasteiger partial charge in [0.2, 0.25) is 0 Å². The predicted octanol–water partition coefficient (Wildman–Crippen LogP) is 8.53. The molecule has 0 aromatic carbocycles. The van der Waals surface area contributed by atoms with Gasteiger partial charge in [0.1, 0.15) is 0 Å². The minimum absolute atomic E-state index is 0.372. The van der Waals surface area contributed by atoms with Crippen molar-refractivity contribution in [3.63, 3.8) is 0 Å². The highest BCUT2D eigenvalue weighted by molar-refractivity contribution is 7.99. The van der Waals surface area contributed by atoms with Crippen LogP contribution in [0.3, 0.4) is 0 Å². The van der Waals surface area contributed by atoms with E-state index in [4.69, 9.17) is 5.11 Å². The maximum Gasteiger partial charge on any atom is 0.0431 e. The topological polar surface area (TPSA) is 20.2 Å². The Bertz CT molecular complexity index is 208. The molecule has 0 saturated heterocycles. The third-order valence-corrected chi connectivity index (χ3v) is 6.49. The lowest BCUT2D eigenvalue weighted by atomic mass is 10.1. The average Bonchev–Trinajstić information content (AvgIpc) is 2.66. The van der Waals surface area contributed by atoms with Crippen LogP contribution < -0.4 is 0 Å². The average molecular weight is 387 g/mol. The van der Waals surface area contributed by atoms with Gasteiger partial charge in [-0.15, -0.1) is 0 Å². The molecule has 0 aliphatic heterocycles. The summed E-state index contributed by atoms with van der Waals surface area (Å²) in [5.74, 6) is 2.78. The fourth-order valence-corrected chi connectivity index (χ4v) is 4.54. The summed E-state index contributed by atoms with van der Waals surface area (Å²) in [6.45, 7) is 2.67. The lowest BCUT2D eigenvalue weighted by Gasteiger charge is -2.04. The monoisotopic (exact) mass is 386 g/mol. The maximum atomic E-state index is 8.73. The van der Waals surface area contributed by atoms with Crippen LogP contribution in [0.4, 0.5) is 0 Å². The van der Waals surface area contributed by atoms with E-state index in [1.807, 2.05) is 0 Å². The van der Waals surface area contributed by atoms with Crippen LogP contribution in [-0.4, -0.2) is 23.2 Å². The second kappa shape index (κ2) is 25.3. The zero-order chi connectivity index (χ0) is 19.0. The summed E-state index contributed by atoms with van der Waals surface area (Å²) < 4.78 is 0. The van der Waals surface area contributed by atoms with Gasteiger partial charge in [-0.1, -0.05) is 116 Å². The van der Waals surface area contributed by atoms with E-state index in [0.717, 1.165) is 6.42 Å². The molecule has 2 heteroatoms. The number of hydrogen-bond donors (Lipinski definition) is 1. The van der Waals surface area contributed by atoms with Crippen LogP contribution in [0.25, 0.3) is 0 Å². The van der Waals surface area contributed by atoms with E-state index in [2.05, 4.69) is 18.7 Å². The number of hydrogen-bond acceptors (Lipinski definition) is 2. The molecule has 1 N–H and O–H groups in total. The van der Waals surface area contributed by atoms with Crippen LogP contribution in [-0.2, 0) is 0 Å². The smallest absolute Gasteiger partial charge is 0.0431 e. The van der Waals surface area contributed by atoms with Crippen molar-refractivity contribution in [1.29, 1.82) is 0 Å². The number of aliphatic hydroxyl groups excluding tert-OH is 1. The number of thioether (sulfide) groups is 1. The van der Waals surface area contributed by atoms with Crippen molar-refractivity contribution in [2.75, 3.05) is 18.1 Å². The Morgan fingerprint density at radius 1 is 0.423 bits per heavy atom. The second-order valence-corrected chi connectivity index (χ2v) is 9.28. The molecular weight excluding hydrogens is 336 g/mol. The third-order valence-electron chi connectivity index (χ3n) is 5.34. The highest BCUT2D eigenvalue weighted by atomic mass is 32.2. The van der Waals surface area contributed by atoms with Crippen LogP contribution in [0.15, 0.2) is 0 Å². The summed E-state index contributed by atoms with van der Waals surface area (Å²) in [6.07, 6.45) is 28.0. The summed E-state index contributed by atoms with van der Waals surface area (Å²) in [6, 6.07) is 0. The lowest BCUT2D eigenvalue weighted by molar-refractivity contribution is 0.282. The first-order valence-electron chi connectivity index (χ1n) is 12.1. The van der Waals surface area contributed by atoms with Crippen LogP contribution in [0.2, 0.25) is 0 Å². The molecule has 0 saturated carbocycles. The Labute approximate surface area is 170 Å². The Morgan fingerprint density at radius 2 is 0.731 bits per heavy atom. The van der Waals surface area contributed by atoms with Crippen molar-refractivity contribution in [2.45, 2.75) is 135 Å². The summed E-state index contributed by atoms with van der Waals surface area (Å²) in [4.78, 5) is 0. The highest BCUT2D eigenvalue weighted by Gasteiger charge is 1.95. The molecule has 0 fully saturated rings. The molecule has 0 radical (unpaired) electrons. The zero-order valence-electron chi connectivity index (χ0n) is 18.1. The van der Waals surface area contributed by atoms with Gasteiger partial charge in [0.05, 0.1) is 0 Å². The maximum absolute atomic E-state index is 8.73. The van der Waals surface area contributed by atoms with Gasteiger partial charge in [0.15, 0.2) is 0 Å². The first kappa shape index (κ1) is 26.3. The molecule has 0 bridgehead atoms. The number of unbranched alkanes of at least 4 members (excludes halogenated alkanes) is 18. The first-order valence-corrected chi connectivity index (χ1v) is 13.3. The van der Waals surface area contributed by atoms with Gasteiger partial charge in [-0.05, 0) is 30.8 Å². The molecule has 0 spiro atoms. The minimum atomic E-state index is 0.372. The summed E-state index contributed by atoms with van der Waals surface area (Å²) in [5, 5.41) is 8.73. The minimum Gasteiger partial charge on any atom is -0.396 e. The molecule has 0 aliphatic carbocycles. The van der Waals surface area contributed by atoms with E-state index in [1.165, 1.54) is 134 Å². The second-order valence-electron chi connectivity index (χ2n) is 8.05. The van der Waals surface area contributed by atoms with Crippen LogP contribution in [0.1, 0.15) is 135 Å². The van der Waals surface area contributed by atoms with Crippen LogP contribution in [0, 0.1) is 0 Å². The number of rotatable bonds is 23. The molecule has 26 heavy (non-hydrogen) atoms. The molecule has 0 heterocycles. The molecule has 0 aliphatic rings. The van der Waals surface area contributed by atoms with Crippen molar-refractivity contribution < 1.29 is 5.11 Å². The number of aliphatic hydroxyl groups is 1. The van der Waals surface area contributed by atoms with E-state index in [-0.39, 0.29) is 0 Å². The van der Waals surface area contributed by atoms with Gasteiger partial charge in [-0.2, -0.15) is 11.8 Å². The molecule has 158 valence electrons.